The highest BCUT2D eigenvalue weighted by Crippen LogP contribution is 2.27. The lowest BCUT2D eigenvalue weighted by Gasteiger charge is -2.27. The molecule has 0 heterocycles. The van der Waals surface area contributed by atoms with Gasteiger partial charge in [-0.1, -0.05) is 59.3 Å². The van der Waals surface area contributed by atoms with Gasteiger partial charge in [0.25, 0.3) is 0 Å². The highest BCUT2D eigenvalue weighted by molar-refractivity contribution is 4.72. The number of hydrogen-bond donors (Lipinski definition) is 1. The zero-order chi connectivity index (χ0) is 11.0. The molecule has 1 heteroatoms. The molecule has 1 N–H and O–H groups in total. The van der Waals surface area contributed by atoms with Gasteiger partial charge in [0, 0.05) is 0 Å². The van der Waals surface area contributed by atoms with Gasteiger partial charge < -0.3 is 5.11 Å². The molecule has 0 saturated heterocycles. The van der Waals surface area contributed by atoms with Gasteiger partial charge in [-0.25, -0.2) is 0 Å². The van der Waals surface area contributed by atoms with Crippen molar-refractivity contribution < 1.29 is 5.11 Å². The number of aliphatic hydroxyl groups excluding tert-OH is 1. The van der Waals surface area contributed by atoms with E-state index in [1.807, 2.05) is 6.92 Å². The molecule has 0 radical (unpaired) electrons. The summed E-state index contributed by atoms with van der Waals surface area (Å²) >= 11 is 0. The van der Waals surface area contributed by atoms with E-state index in [-0.39, 0.29) is 6.10 Å². The summed E-state index contributed by atoms with van der Waals surface area (Å²) in [6.07, 6.45) is 7.46. The average Bonchev–Trinajstić information content (AvgIpc) is 2.16. The molecule has 0 aromatic carbocycles. The SMILES string of the molecule is CCCCCC(CC)C(CC)C(C)O. The summed E-state index contributed by atoms with van der Waals surface area (Å²) in [6.45, 7) is 8.63. The molecule has 0 aliphatic rings. The predicted molar refractivity (Wildman–Crippen MR) is 63.4 cm³/mol. The normalized spacial score (nSPS) is 17.8. The van der Waals surface area contributed by atoms with Gasteiger partial charge in [-0.05, 0) is 18.8 Å². The van der Waals surface area contributed by atoms with Crippen molar-refractivity contribution in [1.82, 2.24) is 0 Å². The van der Waals surface area contributed by atoms with Gasteiger partial charge in [0.1, 0.15) is 0 Å². The second-order valence-electron chi connectivity index (χ2n) is 4.48. The van der Waals surface area contributed by atoms with Crippen molar-refractivity contribution in [3.63, 3.8) is 0 Å². The average molecular weight is 200 g/mol. The molecule has 1 nitrogen and oxygen atoms in total. The molecule has 14 heavy (non-hydrogen) atoms. The molecule has 0 bridgehead atoms. The van der Waals surface area contributed by atoms with Gasteiger partial charge in [0.05, 0.1) is 6.10 Å². The number of aliphatic hydroxyl groups is 1. The number of unbranched alkanes of at least 4 members (excludes halogenated alkanes) is 2. The van der Waals surface area contributed by atoms with Crippen LogP contribution < -0.4 is 0 Å². The van der Waals surface area contributed by atoms with Crippen molar-refractivity contribution in [1.29, 1.82) is 0 Å². The summed E-state index contributed by atoms with van der Waals surface area (Å²) in [4.78, 5) is 0. The Morgan fingerprint density at radius 3 is 2.00 bits per heavy atom. The summed E-state index contributed by atoms with van der Waals surface area (Å²) in [6, 6.07) is 0. The first-order chi connectivity index (χ1) is 6.67. The Kier molecular flexibility index (Phi) is 8.26. The first-order valence-corrected chi connectivity index (χ1v) is 6.35. The Hall–Kier alpha value is -0.0400. The van der Waals surface area contributed by atoms with E-state index in [0.717, 1.165) is 12.3 Å². The third-order valence-electron chi connectivity index (χ3n) is 3.40. The van der Waals surface area contributed by atoms with Crippen LogP contribution in [0.3, 0.4) is 0 Å². The topological polar surface area (TPSA) is 20.2 Å². The van der Waals surface area contributed by atoms with Gasteiger partial charge in [-0.2, -0.15) is 0 Å². The van der Waals surface area contributed by atoms with Gasteiger partial charge in [0.2, 0.25) is 0 Å². The smallest absolute Gasteiger partial charge is 0.0542 e. The van der Waals surface area contributed by atoms with Crippen molar-refractivity contribution in [3.05, 3.63) is 0 Å². The van der Waals surface area contributed by atoms with E-state index in [4.69, 9.17) is 0 Å². The fourth-order valence-corrected chi connectivity index (χ4v) is 2.45. The van der Waals surface area contributed by atoms with Crippen LogP contribution in [0, 0.1) is 11.8 Å². The maximum atomic E-state index is 9.67. The summed E-state index contributed by atoms with van der Waals surface area (Å²) in [7, 11) is 0. The molecule has 0 aliphatic heterocycles. The maximum absolute atomic E-state index is 9.67. The van der Waals surface area contributed by atoms with Gasteiger partial charge >= 0.3 is 0 Å². The Bertz CT molecular complexity index is 120. The third-order valence-corrected chi connectivity index (χ3v) is 3.40. The van der Waals surface area contributed by atoms with Crippen LogP contribution in [0.4, 0.5) is 0 Å². The number of hydrogen-bond acceptors (Lipinski definition) is 1. The largest absolute Gasteiger partial charge is 0.393 e. The molecule has 0 saturated carbocycles. The predicted octanol–water partition coefficient (Wildman–Crippen LogP) is 4.00. The lowest BCUT2D eigenvalue weighted by molar-refractivity contribution is 0.0784. The fraction of sp³-hybridized carbons (Fsp3) is 1.00. The standard InChI is InChI=1S/C13H28O/c1-5-8-9-10-12(6-2)13(7-3)11(4)14/h11-14H,5-10H2,1-4H3. The molecule has 0 spiro atoms. The Morgan fingerprint density at radius 2 is 1.64 bits per heavy atom. The zero-order valence-electron chi connectivity index (χ0n) is 10.4. The summed E-state index contributed by atoms with van der Waals surface area (Å²) in [5, 5.41) is 9.67. The Labute approximate surface area is 89.9 Å². The van der Waals surface area contributed by atoms with E-state index in [2.05, 4.69) is 20.8 Å². The van der Waals surface area contributed by atoms with E-state index in [1.165, 1.54) is 32.1 Å². The molecule has 0 aliphatic carbocycles. The van der Waals surface area contributed by atoms with Crippen molar-refractivity contribution in [3.8, 4) is 0 Å². The minimum Gasteiger partial charge on any atom is -0.393 e. The molecule has 3 unspecified atom stereocenters. The van der Waals surface area contributed by atoms with Crippen LogP contribution in [-0.2, 0) is 0 Å². The van der Waals surface area contributed by atoms with Crippen LogP contribution in [0.25, 0.3) is 0 Å². The second-order valence-corrected chi connectivity index (χ2v) is 4.48. The van der Waals surface area contributed by atoms with E-state index in [0.29, 0.717) is 5.92 Å². The van der Waals surface area contributed by atoms with E-state index in [9.17, 15) is 5.11 Å². The van der Waals surface area contributed by atoms with Crippen LogP contribution in [0.2, 0.25) is 0 Å². The first kappa shape index (κ1) is 14.0. The third kappa shape index (κ3) is 4.99. The van der Waals surface area contributed by atoms with Crippen molar-refractivity contribution in [2.45, 2.75) is 72.3 Å². The molecule has 86 valence electrons. The highest BCUT2D eigenvalue weighted by Gasteiger charge is 2.21. The Morgan fingerprint density at radius 1 is 1.00 bits per heavy atom. The minimum atomic E-state index is -0.133. The lowest BCUT2D eigenvalue weighted by atomic mass is 9.81. The van der Waals surface area contributed by atoms with E-state index in [1.54, 1.807) is 0 Å². The molecule has 3 atom stereocenters. The lowest BCUT2D eigenvalue weighted by Crippen LogP contribution is -2.24. The molecular weight excluding hydrogens is 172 g/mol. The van der Waals surface area contributed by atoms with Crippen LogP contribution in [0.15, 0.2) is 0 Å². The molecule has 0 rings (SSSR count). The van der Waals surface area contributed by atoms with E-state index >= 15 is 0 Å². The minimum absolute atomic E-state index is 0.133. The summed E-state index contributed by atoms with van der Waals surface area (Å²) < 4.78 is 0. The van der Waals surface area contributed by atoms with Crippen molar-refractivity contribution in [2.24, 2.45) is 11.8 Å². The molecule has 0 aromatic heterocycles. The maximum Gasteiger partial charge on any atom is 0.0542 e. The molecule has 0 amide bonds. The van der Waals surface area contributed by atoms with E-state index < -0.39 is 0 Å². The van der Waals surface area contributed by atoms with Crippen molar-refractivity contribution in [2.75, 3.05) is 0 Å². The summed E-state index contributed by atoms with van der Waals surface area (Å²) in [5.41, 5.74) is 0. The second kappa shape index (κ2) is 8.28. The monoisotopic (exact) mass is 200 g/mol. The van der Waals surface area contributed by atoms with Gasteiger partial charge in [-0.15, -0.1) is 0 Å². The molecule has 0 aromatic rings. The van der Waals surface area contributed by atoms with Crippen LogP contribution in [0.1, 0.15) is 66.2 Å². The first-order valence-electron chi connectivity index (χ1n) is 6.35. The quantitative estimate of drug-likeness (QED) is 0.587. The zero-order valence-corrected chi connectivity index (χ0v) is 10.4. The van der Waals surface area contributed by atoms with Crippen molar-refractivity contribution >= 4 is 0 Å². The van der Waals surface area contributed by atoms with Crippen LogP contribution >= 0.6 is 0 Å². The highest BCUT2D eigenvalue weighted by atomic mass is 16.3. The number of rotatable bonds is 8. The van der Waals surface area contributed by atoms with Gasteiger partial charge in [0.15, 0.2) is 0 Å². The van der Waals surface area contributed by atoms with Crippen LogP contribution in [-0.4, -0.2) is 11.2 Å². The summed E-state index contributed by atoms with van der Waals surface area (Å²) in [5.74, 6) is 1.24. The van der Waals surface area contributed by atoms with Crippen LogP contribution in [0.5, 0.6) is 0 Å². The fourth-order valence-electron chi connectivity index (χ4n) is 2.45. The Balaban J connectivity index is 3.95. The molecule has 0 fully saturated rings. The molecular formula is C13H28O. The van der Waals surface area contributed by atoms with Gasteiger partial charge in [-0.3, -0.25) is 0 Å².